The number of hydrogen-bond acceptors (Lipinski definition) is 3. The van der Waals surface area contributed by atoms with Crippen molar-refractivity contribution in [3.63, 3.8) is 0 Å². The van der Waals surface area contributed by atoms with Crippen LogP contribution in [0.3, 0.4) is 0 Å². The fraction of sp³-hybridized carbons (Fsp3) is 0.294. The monoisotopic (exact) mass is 285 g/mol. The predicted molar refractivity (Wildman–Crippen MR) is 84.6 cm³/mol. The SMILES string of the molecule is CSc1ccccc1Oc1cccc(CNC2CC2)c1. The van der Waals surface area contributed by atoms with Gasteiger partial charge in [-0.05, 0) is 48.9 Å². The van der Waals surface area contributed by atoms with Crippen LogP contribution in [0.15, 0.2) is 53.4 Å². The number of hydrogen-bond donors (Lipinski definition) is 1. The van der Waals surface area contributed by atoms with E-state index in [1.54, 1.807) is 11.8 Å². The zero-order chi connectivity index (χ0) is 13.8. The first-order valence-corrected chi connectivity index (χ1v) is 8.21. The van der Waals surface area contributed by atoms with Gasteiger partial charge in [-0.25, -0.2) is 0 Å². The zero-order valence-electron chi connectivity index (χ0n) is 11.6. The van der Waals surface area contributed by atoms with E-state index < -0.39 is 0 Å². The number of thioether (sulfide) groups is 1. The third-order valence-corrected chi connectivity index (χ3v) is 4.14. The van der Waals surface area contributed by atoms with Crippen LogP contribution in [-0.2, 0) is 6.54 Å². The molecule has 3 heteroatoms. The molecule has 1 aliphatic rings. The Morgan fingerprint density at radius 1 is 1.15 bits per heavy atom. The summed E-state index contributed by atoms with van der Waals surface area (Å²) < 4.78 is 6.01. The molecule has 104 valence electrons. The molecule has 0 unspecified atom stereocenters. The highest BCUT2D eigenvalue weighted by Crippen LogP contribution is 2.31. The van der Waals surface area contributed by atoms with Crippen LogP contribution in [0.4, 0.5) is 0 Å². The Morgan fingerprint density at radius 3 is 2.80 bits per heavy atom. The molecular weight excluding hydrogens is 266 g/mol. The van der Waals surface area contributed by atoms with Crippen molar-refractivity contribution < 1.29 is 4.74 Å². The lowest BCUT2D eigenvalue weighted by molar-refractivity contribution is 0.470. The molecule has 2 aromatic rings. The Labute approximate surface area is 124 Å². The summed E-state index contributed by atoms with van der Waals surface area (Å²) in [7, 11) is 0. The first-order valence-electron chi connectivity index (χ1n) is 6.98. The van der Waals surface area contributed by atoms with Crippen LogP contribution >= 0.6 is 11.8 Å². The van der Waals surface area contributed by atoms with E-state index in [1.165, 1.54) is 18.4 Å². The molecule has 0 heterocycles. The minimum atomic E-state index is 0.733. The summed E-state index contributed by atoms with van der Waals surface area (Å²) in [6.07, 6.45) is 4.70. The minimum absolute atomic E-state index is 0.733. The summed E-state index contributed by atoms with van der Waals surface area (Å²) in [5.74, 6) is 1.83. The molecule has 2 nitrogen and oxygen atoms in total. The molecule has 0 saturated heterocycles. The highest BCUT2D eigenvalue weighted by molar-refractivity contribution is 7.98. The second-order valence-corrected chi connectivity index (χ2v) is 5.90. The summed E-state index contributed by atoms with van der Waals surface area (Å²) in [4.78, 5) is 1.16. The van der Waals surface area contributed by atoms with E-state index in [9.17, 15) is 0 Å². The quantitative estimate of drug-likeness (QED) is 0.792. The van der Waals surface area contributed by atoms with Crippen LogP contribution in [0.1, 0.15) is 18.4 Å². The van der Waals surface area contributed by atoms with E-state index in [0.29, 0.717) is 0 Å². The highest BCUT2D eigenvalue weighted by atomic mass is 32.2. The molecule has 2 aromatic carbocycles. The summed E-state index contributed by atoms with van der Waals surface area (Å²) in [6, 6.07) is 17.2. The van der Waals surface area contributed by atoms with Crippen LogP contribution in [0.25, 0.3) is 0 Å². The molecule has 0 amide bonds. The molecule has 0 radical (unpaired) electrons. The van der Waals surface area contributed by atoms with E-state index in [2.05, 4.69) is 35.8 Å². The summed E-state index contributed by atoms with van der Waals surface area (Å²) in [6.45, 7) is 0.923. The largest absolute Gasteiger partial charge is 0.456 e. The molecule has 0 bridgehead atoms. The van der Waals surface area contributed by atoms with E-state index in [-0.39, 0.29) is 0 Å². The molecule has 0 atom stereocenters. The minimum Gasteiger partial charge on any atom is -0.456 e. The van der Waals surface area contributed by atoms with E-state index >= 15 is 0 Å². The van der Waals surface area contributed by atoms with Crippen molar-refractivity contribution in [1.82, 2.24) is 5.32 Å². The smallest absolute Gasteiger partial charge is 0.140 e. The van der Waals surface area contributed by atoms with Crippen LogP contribution < -0.4 is 10.1 Å². The molecule has 1 fully saturated rings. The lowest BCUT2D eigenvalue weighted by atomic mass is 10.2. The van der Waals surface area contributed by atoms with Gasteiger partial charge >= 0.3 is 0 Å². The molecule has 1 aliphatic carbocycles. The second kappa shape index (κ2) is 6.33. The average Bonchev–Trinajstić information content (AvgIpc) is 3.30. The Bertz CT molecular complexity index is 581. The van der Waals surface area contributed by atoms with Crippen LogP contribution in [-0.4, -0.2) is 12.3 Å². The van der Waals surface area contributed by atoms with Gasteiger partial charge < -0.3 is 10.1 Å². The summed E-state index contributed by atoms with van der Waals surface area (Å²) >= 11 is 1.70. The molecule has 20 heavy (non-hydrogen) atoms. The molecule has 3 rings (SSSR count). The van der Waals surface area contributed by atoms with Crippen molar-refractivity contribution in [2.24, 2.45) is 0 Å². The van der Waals surface area contributed by atoms with Gasteiger partial charge in [-0.1, -0.05) is 24.3 Å². The van der Waals surface area contributed by atoms with Gasteiger partial charge in [0, 0.05) is 17.5 Å². The van der Waals surface area contributed by atoms with Gasteiger partial charge in [0.25, 0.3) is 0 Å². The first kappa shape index (κ1) is 13.5. The van der Waals surface area contributed by atoms with Crippen molar-refractivity contribution >= 4 is 11.8 Å². The standard InChI is InChI=1S/C17H19NOS/c1-20-17-8-3-2-7-16(17)19-15-6-4-5-13(11-15)12-18-14-9-10-14/h2-8,11,14,18H,9-10,12H2,1H3. The normalized spacial score (nSPS) is 14.2. The number of rotatable bonds is 6. The molecule has 1 N–H and O–H groups in total. The fourth-order valence-electron chi connectivity index (χ4n) is 2.10. The number of ether oxygens (including phenoxy) is 1. The van der Waals surface area contributed by atoms with Crippen molar-refractivity contribution in [3.8, 4) is 11.5 Å². The molecule has 0 aromatic heterocycles. The lowest BCUT2D eigenvalue weighted by Gasteiger charge is -2.11. The molecule has 0 spiro atoms. The van der Waals surface area contributed by atoms with Gasteiger partial charge in [-0.3, -0.25) is 0 Å². The van der Waals surface area contributed by atoms with Gasteiger partial charge in [0.05, 0.1) is 0 Å². The number of para-hydroxylation sites is 1. The van der Waals surface area contributed by atoms with Crippen molar-refractivity contribution in [2.45, 2.75) is 30.3 Å². The second-order valence-electron chi connectivity index (χ2n) is 5.06. The lowest BCUT2D eigenvalue weighted by Crippen LogP contribution is -2.15. The Kier molecular flexibility index (Phi) is 4.28. The third-order valence-electron chi connectivity index (χ3n) is 3.37. The molecule has 1 saturated carbocycles. The average molecular weight is 285 g/mol. The Balaban J connectivity index is 1.71. The fourth-order valence-corrected chi connectivity index (χ4v) is 2.62. The topological polar surface area (TPSA) is 21.3 Å². The van der Waals surface area contributed by atoms with Crippen LogP contribution in [0.2, 0.25) is 0 Å². The van der Waals surface area contributed by atoms with Crippen molar-refractivity contribution in [1.29, 1.82) is 0 Å². The van der Waals surface area contributed by atoms with Gasteiger partial charge in [0.2, 0.25) is 0 Å². The van der Waals surface area contributed by atoms with Gasteiger partial charge in [-0.2, -0.15) is 0 Å². The van der Waals surface area contributed by atoms with E-state index in [4.69, 9.17) is 4.74 Å². The maximum Gasteiger partial charge on any atom is 0.140 e. The Hall–Kier alpha value is -1.45. The van der Waals surface area contributed by atoms with Gasteiger partial charge in [0.1, 0.15) is 11.5 Å². The number of nitrogens with one attached hydrogen (secondary N) is 1. The maximum absolute atomic E-state index is 6.01. The predicted octanol–water partition coefficient (Wildman–Crippen LogP) is 4.45. The third kappa shape index (κ3) is 3.56. The highest BCUT2D eigenvalue weighted by Gasteiger charge is 2.19. The van der Waals surface area contributed by atoms with Crippen molar-refractivity contribution in [3.05, 3.63) is 54.1 Å². The van der Waals surface area contributed by atoms with Crippen LogP contribution in [0, 0.1) is 0 Å². The Morgan fingerprint density at radius 2 is 2.00 bits per heavy atom. The van der Waals surface area contributed by atoms with Crippen molar-refractivity contribution in [2.75, 3.05) is 6.26 Å². The number of benzene rings is 2. The van der Waals surface area contributed by atoms with Crippen LogP contribution in [0.5, 0.6) is 11.5 Å². The van der Waals surface area contributed by atoms with Gasteiger partial charge in [0.15, 0.2) is 0 Å². The van der Waals surface area contributed by atoms with E-state index in [0.717, 1.165) is 29.0 Å². The maximum atomic E-state index is 6.01. The van der Waals surface area contributed by atoms with E-state index in [1.807, 2.05) is 24.3 Å². The zero-order valence-corrected chi connectivity index (χ0v) is 12.5. The molecular formula is C17H19NOS. The first-order chi connectivity index (χ1) is 9.85. The summed E-state index contributed by atoms with van der Waals surface area (Å²) in [5, 5.41) is 3.53. The molecule has 0 aliphatic heterocycles. The van der Waals surface area contributed by atoms with Gasteiger partial charge in [-0.15, -0.1) is 11.8 Å². The summed E-state index contributed by atoms with van der Waals surface area (Å²) in [5.41, 5.74) is 1.27.